The van der Waals surface area contributed by atoms with Crippen molar-refractivity contribution in [2.45, 2.75) is 48.4 Å². The fraction of sp³-hybridized carbons (Fsp3) is 0.400. The van der Waals surface area contributed by atoms with Crippen LogP contribution in [0.5, 0.6) is 11.6 Å². The number of hydrogen-bond donors (Lipinski definition) is 1. The van der Waals surface area contributed by atoms with Gasteiger partial charge in [-0.15, -0.1) is 0 Å². The van der Waals surface area contributed by atoms with Crippen molar-refractivity contribution in [3.05, 3.63) is 66.2 Å². The molecule has 0 saturated heterocycles. The van der Waals surface area contributed by atoms with E-state index in [-0.39, 0.29) is 40.4 Å². The summed E-state index contributed by atoms with van der Waals surface area (Å²) >= 11 is 0. The Morgan fingerprint density at radius 3 is 2.55 bits per heavy atom. The summed E-state index contributed by atoms with van der Waals surface area (Å²) in [5.74, 6) is 0.293. The summed E-state index contributed by atoms with van der Waals surface area (Å²) in [6.45, 7) is 0. The second kappa shape index (κ2) is 11.1. The molecule has 1 saturated carbocycles. The fourth-order valence-corrected chi connectivity index (χ4v) is 5.53. The van der Waals surface area contributed by atoms with E-state index in [0.717, 1.165) is 6.07 Å². The van der Waals surface area contributed by atoms with Gasteiger partial charge in [0.05, 0.1) is 18.9 Å². The zero-order valence-corrected chi connectivity index (χ0v) is 21.8. The van der Waals surface area contributed by atoms with E-state index in [0.29, 0.717) is 24.8 Å². The molecule has 1 fully saturated rings. The Morgan fingerprint density at radius 1 is 1.11 bits per heavy atom. The molecule has 1 aromatic carbocycles. The van der Waals surface area contributed by atoms with Crippen LogP contribution in [0.2, 0.25) is 0 Å². The van der Waals surface area contributed by atoms with Crippen LogP contribution in [0.4, 0.5) is 19.0 Å². The summed E-state index contributed by atoms with van der Waals surface area (Å²) in [6.07, 6.45) is 0.813. The van der Waals surface area contributed by atoms with Crippen LogP contribution in [0, 0.1) is 0 Å². The van der Waals surface area contributed by atoms with Crippen LogP contribution in [0.25, 0.3) is 0 Å². The van der Waals surface area contributed by atoms with Crippen LogP contribution >= 0.6 is 0 Å². The van der Waals surface area contributed by atoms with Crippen LogP contribution in [0.15, 0.2) is 60.0 Å². The van der Waals surface area contributed by atoms with E-state index in [9.17, 15) is 21.6 Å². The highest BCUT2D eigenvalue weighted by atomic mass is 32.2. The van der Waals surface area contributed by atoms with Crippen LogP contribution in [0.1, 0.15) is 36.3 Å². The van der Waals surface area contributed by atoms with Gasteiger partial charge in [0.1, 0.15) is 23.1 Å². The maximum atomic E-state index is 13.2. The van der Waals surface area contributed by atoms with Crippen LogP contribution < -0.4 is 14.2 Å². The third kappa shape index (κ3) is 6.33. The normalized spacial score (nSPS) is 20.2. The molecule has 0 amide bonds. The number of ether oxygens (including phenoxy) is 2. The zero-order valence-electron chi connectivity index (χ0n) is 21.0. The Kier molecular flexibility index (Phi) is 8.07. The van der Waals surface area contributed by atoms with Crippen molar-refractivity contribution in [2.75, 3.05) is 25.9 Å². The van der Waals surface area contributed by atoms with Gasteiger partial charge in [0.15, 0.2) is 5.75 Å². The molecule has 1 aliphatic rings. The maximum absolute atomic E-state index is 13.2. The lowest BCUT2D eigenvalue weighted by atomic mass is 9.79. The van der Waals surface area contributed by atoms with E-state index >= 15 is 0 Å². The third-order valence-corrected chi connectivity index (χ3v) is 7.83. The molecule has 0 unspecified atom stereocenters. The van der Waals surface area contributed by atoms with Gasteiger partial charge in [0.2, 0.25) is 0 Å². The summed E-state index contributed by atoms with van der Waals surface area (Å²) in [5.41, 5.74) is -0.0143. The molecule has 0 aliphatic heterocycles. The molecule has 1 aliphatic carbocycles. The predicted molar refractivity (Wildman–Crippen MR) is 134 cm³/mol. The van der Waals surface area contributed by atoms with Gasteiger partial charge in [0.25, 0.3) is 15.9 Å². The highest BCUT2D eigenvalue weighted by molar-refractivity contribution is 7.92. The Balaban J connectivity index is 1.52. The number of nitrogens with zero attached hydrogens (tertiary/aromatic N) is 4. The second-order valence-corrected chi connectivity index (χ2v) is 10.9. The molecule has 1 N–H and O–H groups in total. The number of alkyl halides is 3. The van der Waals surface area contributed by atoms with Gasteiger partial charge in [-0.05, 0) is 57.0 Å². The van der Waals surface area contributed by atoms with Gasteiger partial charge >= 0.3 is 6.18 Å². The van der Waals surface area contributed by atoms with Gasteiger partial charge in [-0.2, -0.15) is 13.2 Å². The van der Waals surface area contributed by atoms with Gasteiger partial charge in [-0.1, -0.05) is 18.2 Å². The molecule has 0 bridgehead atoms. The topological polar surface area (TPSA) is 107 Å². The van der Waals surface area contributed by atoms with Gasteiger partial charge in [0, 0.05) is 18.3 Å². The number of benzene rings is 1. The van der Waals surface area contributed by atoms with Crippen molar-refractivity contribution in [1.82, 2.24) is 19.9 Å². The smallest absolute Gasteiger partial charge is 0.416 e. The number of methoxy groups -OCH3 is 1. The van der Waals surface area contributed by atoms with E-state index in [2.05, 4.69) is 19.7 Å². The lowest BCUT2D eigenvalue weighted by Crippen LogP contribution is -2.46. The first-order valence-corrected chi connectivity index (χ1v) is 13.3. The molecule has 2 aromatic heterocycles. The number of anilines is 1. The first-order chi connectivity index (χ1) is 18.0. The second-order valence-electron chi connectivity index (χ2n) is 9.20. The average Bonchev–Trinajstić information content (AvgIpc) is 2.89. The summed E-state index contributed by atoms with van der Waals surface area (Å²) in [5, 5.41) is 0. The maximum Gasteiger partial charge on any atom is 0.416 e. The minimum atomic E-state index is -4.40. The van der Waals surface area contributed by atoms with Gasteiger partial charge in [-0.25, -0.2) is 23.4 Å². The molecule has 9 nitrogen and oxygen atoms in total. The van der Waals surface area contributed by atoms with Crippen molar-refractivity contribution in [3.8, 4) is 11.6 Å². The molecule has 0 spiro atoms. The molecule has 38 heavy (non-hydrogen) atoms. The van der Waals surface area contributed by atoms with Crippen LogP contribution in [0.3, 0.4) is 0 Å². The molecular formula is C25H28F3N5O4S. The lowest BCUT2D eigenvalue weighted by Gasteiger charge is -2.39. The number of hydrogen-bond acceptors (Lipinski definition) is 8. The van der Waals surface area contributed by atoms with E-state index in [1.165, 1.54) is 50.1 Å². The van der Waals surface area contributed by atoms with Crippen molar-refractivity contribution in [2.24, 2.45) is 0 Å². The Labute approximate surface area is 219 Å². The molecule has 4 rings (SSSR count). The highest BCUT2D eigenvalue weighted by Crippen LogP contribution is 2.39. The summed E-state index contributed by atoms with van der Waals surface area (Å²) < 4.78 is 79.2. The van der Waals surface area contributed by atoms with Crippen molar-refractivity contribution in [3.63, 3.8) is 0 Å². The van der Waals surface area contributed by atoms with Gasteiger partial charge < -0.3 is 14.4 Å². The van der Waals surface area contributed by atoms with Crippen LogP contribution in [-0.2, 0) is 16.2 Å². The number of nitrogens with one attached hydrogen (secondary N) is 1. The van der Waals surface area contributed by atoms with E-state index < -0.39 is 21.8 Å². The lowest BCUT2D eigenvalue weighted by molar-refractivity contribution is -0.137. The summed E-state index contributed by atoms with van der Waals surface area (Å²) in [6, 6.07) is 8.06. The van der Waals surface area contributed by atoms with Crippen molar-refractivity contribution in [1.29, 1.82) is 0 Å². The molecule has 204 valence electrons. The zero-order chi connectivity index (χ0) is 27.5. The molecule has 13 heteroatoms. The first-order valence-electron chi connectivity index (χ1n) is 11.8. The van der Waals surface area contributed by atoms with E-state index in [1.54, 1.807) is 6.07 Å². The summed E-state index contributed by atoms with van der Waals surface area (Å²) in [7, 11) is 1.15. The number of likely N-dealkylation sites (N-methyl/N-ethyl adjacent to an activating group) is 1. The standard InChI is InChI=1S/C25H28F3N5O4S/c1-33(2)20-12-17(16-5-4-6-18(11-16)25(26,27)28)7-8-21(20)37-24-22(36-3)13-19(14-30-24)38(34,35)32-23-9-10-29-15-31-23/h4-6,9-11,13-15,17,20-21H,7-8,12H2,1-3H3,(H,29,31,32)/t17-,20-,21-/m0/s1. The number of sulfonamides is 1. The van der Waals surface area contributed by atoms with E-state index in [4.69, 9.17) is 9.47 Å². The number of pyridine rings is 1. The largest absolute Gasteiger partial charge is 0.491 e. The quantitative estimate of drug-likeness (QED) is 0.441. The molecule has 2 heterocycles. The predicted octanol–water partition coefficient (Wildman–Crippen LogP) is 4.35. The summed E-state index contributed by atoms with van der Waals surface area (Å²) in [4.78, 5) is 13.7. The Hall–Kier alpha value is -3.45. The van der Waals surface area contributed by atoms with E-state index in [1.807, 2.05) is 19.0 Å². The first kappa shape index (κ1) is 27.6. The monoisotopic (exact) mass is 551 g/mol. The molecule has 3 aromatic rings. The Morgan fingerprint density at radius 2 is 1.89 bits per heavy atom. The molecule has 0 radical (unpaired) electrons. The Bertz CT molecular complexity index is 1360. The van der Waals surface area contributed by atoms with Crippen molar-refractivity contribution >= 4 is 15.8 Å². The fourth-order valence-electron chi connectivity index (χ4n) is 4.56. The minimum Gasteiger partial charge on any atom is -0.491 e. The number of aromatic nitrogens is 3. The SMILES string of the molecule is COc1cc(S(=O)(=O)Nc2ccncn2)cnc1O[C@H]1CC[C@H](c2cccc(C(F)(F)F)c2)C[C@@H]1N(C)C. The number of halogens is 3. The third-order valence-electron chi connectivity index (χ3n) is 6.51. The van der Waals surface area contributed by atoms with Gasteiger partial charge in [-0.3, -0.25) is 4.72 Å². The molecule has 3 atom stereocenters. The molecular weight excluding hydrogens is 523 g/mol. The number of rotatable bonds is 8. The minimum absolute atomic E-state index is 0.0696. The highest BCUT2D eigenvalue weighted by Gasteiger charge is 2.36. The average molecular weight is 552 g/mol. The van der Waals surface area contributed by atoms with Crippen molar-refractivity contribution < 1.29 is 31.1 Å². The van der Waals surface area contributed by atoms with Crippen LogP contribution in [-0.4, -0.2) is 61.6 Å².